The van der Waals surface area contributed by atoms with Crippen LogP contribution in [0.5, 0.6) is 0 Å². The molecule has 0 bridgehead atoms. The van der Waals surface area contributed by atoms with Crippen molar-refractivity contribution < 1.29 is 4.74 Å². The lowest BCUT2D eigenvalue weighted by atomic mass is 9.84. The van der Waals surface area contributed by atoms with Crippen LogP contribution in [0, 0.1) is 19.8 Å². The van der Waals surface area contributed by atoms with E-state index in [4.69, 9.17) is 9.72 Å². The second kappa shape index (κ2) is 5.27. The number of hydrogen-bond acceptors (Lipinski definition) is 4. The minimum atomic E-state index is 0.0108. The maximum absolute atomic E-state index is 5.89. The Hall–Kier alpha value is -0.450. The van der Waals surface area contributed by atoms with E-state index in [2.05, 4.69) is 40.1 Å². The van der Waals surface area contributed by atoms with Gasteiger partial charge in [0, 0.05) is 11.5 Å². The topological polar surface area (TPSA) is 34.2 Å². The predicted octanol–water partition coefficient (Wildman–Crippen LogP) is 3.01. The SMILES string of the molecule is CNC1(c2nc(C)c(C)s2)CCOC(C(C)C)C1. The molecule has 0 spiro atoms. The van der Waals surface area contributed by atoms with Crippen molar-refractivity contribution >= 4 is 11.3 Å². The zero-order valence-electron chi connectivity index (χ0n) is 12.0. The Labute approximate surface area is 114 Å². The van der Waals surface area contributed by atoms with Crippen LogP contribution in [0.25, 0.3) is 0 Å². The van der Waals surface area contributed by atoms with Crippen LogP contribution in [0.15, 0.2) is 0 Å². The van der Waals surface area contributed by atoms with Crippen LogP contribution < -0.4 is 5.32 Å². The maximum Gasteiger partial charge on any atom is 0.113 e. The summed E-state index contributed by atoms with van der Waals surface area (Å²) in [5, 5.41) is 4.76. The lowest BCUT2D eigenvalue weighted by Gasteiger charge is -2.41. The van der Waals surface area contributed by atoms with Gasteiger partial charge in [0.15, 0.2) is 0 Å². The van der Waals surface area contributed by atoms with Gasteiger partial charge in [-0.25, -0.2) is 4.98 Å². The summed E-state index contributed by atoms with van der Waals surface area (Å²) in [6.07, 6.45) is 2.36. The highest BCUT2D eigenvalue weighted by Gasteiger charge is 2.40. The summed E-state index contributed by atoms with van der Waals surface area (Å²) in [6, 6.07) is 0. The van der Waals surface area contributed by atoms with Crippen molar-refractivity contribution in [3.8, 4) is 0 Å². The Morgan fingerprint density at radius 1 is 1.44 bits per heavy atom. The molecule has 2 heterocycles. The molecule has 18 heavy (non-hydrogen) atoms. The molecule has 1 saturated heterocycles. The summed E-state index contributed by atoms with van der Waals surface area (Å²) >= 11 is 1.83. The first-order valence-corrected chi connectivity index (χ1v) is 7.55. The Morgan fingerprint density at radius 3 is 2.67 bits per heavy atom. The molecule has 1 fully saturated rings. The molecule has 1 N–H and O–H groups in total. The van der Waals surface area contributed by atoms with Crippen LogP contribution in [0.1, 0.15) is 42.3 Å². The molecule has 0 aliphatic carbocycles. The second-order valence-electron chi connectivity index (χ2n) is 5.60. The fourth-order valence-electron chi connectivity index (χ4n) is 2.52. The number of hydrogen-bond donors (Lipinski definition) is 1. The van der Waals surface area contributed by atoms with Gasteiger partial charge in [-0.3, -0.25) is 0 Å². The molecule has 0 saturated carbocycles. The molecule has 102 valence electrons. The molecule has 2 atom stereocenters. The number of ether oxygens (including phenoxy) is 1. The number of thiazole rings is 1. The predicted molar refractivity (Wildman–Crippen MR) is 76.1 cm³/mol. The molecular formula is C14H24N2OS. The molecule has 1 aliphatic heterocycles. The standard InChI is InChI=1S/C14H24N2OS/c1-9(2)12-8-14(15-5,6-7-17-12)13-16-10(3)11(4)18-13/h9,12,15H,6-8H2,1-5H3. The van der Waals surface area contributed by atoms with Gasteiger partial charge in [0.05, 0.1) is 17.3 Å². The van der Waals surface area contributed by atoms with Crippen LogP contribution in [0.4, 0.5) is 0 Å². The zero-order valence-corrected chi connectivity index (χ0v) is 12.9. The second-order valence-corrected chi connectivity index (χ2v) is 6.80. The lowest BCUT2D eigenvalue weighted by molar-refractivity contribution is -0.0517. The fourth-order valence-corrected chi connectivity index (χ4v) is 3.67. The summed E-state index contributed by atoms with van der Waals surface area (Å²) in [5.41, 5.74) is 1.17. The summed E-state index contributed by atoms with van der Waals surface area (Å²) in [6.45, 7) is 9.53. The highest BCUT2D eigenvalue weighted by molar-refractivity contribution is 7.11. The van der Waals surface area contributed by atoms with Crippen LogP contribution in [-0.4, -0.2) is 24.7 Å². The van der Waals surface area contributed by atoms with Crippen LogP contribution in [0.3, 0.4) is 0 Å². The molecule has 0 radical (unpaired) electrons. The Balaban J connectivity index is 2.29. The molecule has 0 amide bonds. The van der Waals surface area contributed by atoms with E-state index in [1.807, 2.05) is 11.3 Å². The monoisotopic (exact) mass is 268 g/mol. The molecule has 2 unspecified atom stereocenters. The number of nitrogens with one attached hydrogen (secondary N) is 1. The highest BCUT2D eigenvalue weighted by atomic mass is 32.1. The van der Waals surface area contributed by atoms with Gasteiger partial charge in [0.25, 0.3) is 0 Å². The van der Waals surface area contributed by atoms with E-state index >= 15 is 0 Å². The van der Waals surface area contributed by atoms with Crippen molar-refractivity contribution in [2.45, 2.75) is 52.2 Å². The fraction of sp³-hybridized carbons (Fsp3) is 0.786. The van der Waals surface area contributed by atoms with Crippen molar-refractivity contribution in [1.29, 1.82) is 0 Å². The van der Waals surface area contributed by atoms with Gasteiger partial charge in [-0.1, -0.05) is 13.8 Å². The number of nitrogens with zero attached hydrogens (tertiary/aromatic N) is 1. The van der Waals surface area contributed by atoms with E-state index in [0.717, 1.165) is 25.1 Å². The van der Waals surface area contributed by atoms with Crippen molar-refractivity contribution in [1.82, 2.24) is 10.3 Å². The van der Waals surface area contributed by atoms with Crippen molar-refractivity contribution in [2.75, 3.05) is 13.7 Å². The van der Waals surface area contributed by atoms with Gasteiger partial charge in [-0.05, 0) is 39.7 Å². The number of rotatable bonds is 3. The van der Waals surface area contributed by atoms with E-state index in [-0.39, 0.29) is 5.54 Å². The Bertz CT molecular complexity index is 396. The minimum Gasteiger partial charge on any atom is -0.378 e. The van der Waals surface area contributed by atoms with Crippen molar-refractivity contribution in [3.05, 3.63) is 15.6 Å². The van der Waals surface area contributed by atoms with E-state index in [1.165, 1.54) is 9.88 Å². The van der Waals surface area contributed by atoms with Crippen LogP contribution in [0.2, 0.25) is 0 Å². The molecular weight excluding hydrogens is 244 g/mol. The third-order valence-corrected chi connectivity index (χ3v) is 5.35. The van der Waals surface area contributed by atoms with Gasteiger partial charge in [0.1, 0.15) is 5.01 Å². The quantitative estimate of drug-likeness (QED) is 0.915. The maximum atomic E-state index is 5.89. The molecule has 1 aliphatic rings. The number of aromatic nitrogens is 1. The normalized spacial score (nSPS) is 28.9. The first-order valence-electron chi connectivity index (χ1n) is 6.73. The van der Waals surface area contributed by atoms with Crippen LogP contribution in [-0.2, 0) is 10.3 Å². The molecule has 4 heteroatoms. The van der Waals surface area contributed by atoms with Gasteiger partial charge in [-0.15, -0.1) is 11.3 Å². The molecule has 0 aromatic carbocycles. The molecule has 3 nitrogen and oxygen atoms in total. The Kier molecular flexibility index (Phi) is 4.09. The molecule has 1 aromatic rings. The van der Waals surface area contributed by atoms with Crippen molar-refractivity contribution in [3.63, 3.8) is 0 Å². The summed E-state index contributed by atoms with van der Waals surface area (Å²) < 4.78 is 5.89. The minimum absolute atomic E-state index is 0.0108. The van der Waals surface area contributed by atoms with Crippen molar-refractivity contribution in [2.24, 2.45) is 5.92 Å². The smallest absolute Gasteiger partial charge is 0.113 e. The summed E-state index contributed by atoms with van der Waals surface area (Å²) in [5.74, 6) is 0.556. The van der Waals surface area contributed by atoms with Crippen LogP contribution >= 0.6 is 11.3 Å². The Morgan fingerprint density at radius 2 is 2.17 bits per heavy atom. The summed E-state index contributed by atoms with van der Waals surface area (Å²) in [4.78, 5) is 6.10. The highest BCUT2D eigenvalue weighted by Crippen LogP contribution is 2.39. The van der Waals surface area contributed by atoms with E-state index in [9.17, 15) is 0 Å². The number of aryl methyl sites for hydroxylation is 2. The van der Waals surface area contributed by atoms with Gasteiger partial charge >= 0.3 is 0 Å². The van der Waals surface area contributed by atoms with Gasteiger partial charge in [0.2, 0.25) is 0 Å². The zero-order chi connectivity index (χ0) is 13.3. The average Bonchev–Trinajstić information content (AvgIpc) is 2.70. The largest absolute Gasteiger partial charge is 0.378 e. The van der Waals surface area contributed by atoms with E-state index < -0.39 is 0 Å². The third-order valence-electron chi connectivity index (χ3n) is 4.07. The average molecular weight is 268 g/mol. The first-order chi connectivity index (χ1) is 8.48. The first kappa shape index (κ1) is 14.0. The van der Waals surface area contributed by atoms with Gasteiger partial charge < -0.3 is 10.1 Å². The lowest BCUT2D eigenvalue weighted by Crippen LogP contribution is -2.49. The molecule has 2 rings (SSSR count). The van der Waals surface area contributed by atoms with E-state index in [1.54, 1.807) is 0 Å². The van der Waals surface area contributed by atoms with E-state index in [0.29, 0.717) is 12.0 Å². The van der Waals surface area contributed by atoms with Gasteiger partial charge in [-0.2, -0.15) is 0 Å². The molecule has 1 aromatic heterocycles. The third kappa shape index (κ3) is 2.46. The summed E-state index contributed by atoms with van der Waals surface area (Å²) in [7, 11) is 2.05.